The summed E-state index contributed by atoms with van der Waals surface area (Å²) in [5.41, 5.74) is 3.32. The third kappa shape index (κ3) is 6.37. The van der Waals surface area contributed by atoms with E-state index >= 15 is 0 Å². The van der Waals surface area contributed by atoms with E-state index in [-0.39, 0.29) is 24.0 Å². The van der Waals surface area contributed by atoms with Crippen LogP contribution in [0.15, 0.2) is 58.9 Å². The summed E-state index contributed by atoms with van der Waals surface area (Å²) in [6, 6.07) is 14.8. The van der Waals surface area contributed by atoms with Gasteiger partial charge in [-0.3, -0.25) is 0 Å². The Morgan fingerprint density at radius 3 is 2.45 bits per heavy atom. The molecular weight excluding hydrogens is 676 g/mol. The smallest absolute Gasteiger partial charge is 0.262 e. The van der Waals surface area contributed by atoms with Crippen LogP contribution in [0.1, 0.15) is 30.7 Å². The van der Waals surface area contributed by atoms with Crippen molar-refractivity contribution >= 4 is 84.1 Å². The van der Waals surface area contributed by atoms with E-state index < -0.39 is 0 Å². The molecule has 2 aromatic carbocycles. The Bertz CT molecular complexity index is 1260. The van der Waals surface area contributed by atoms with Gasteiger partial charge in [0.1, 0.15) is 11.2 Å². The molecule has 4 rings (SSSR count). The number of hydrogen-bond acceptors (Lipinski definition) is 6. The second kappa shape index (κ2) is 12.3. The van der Waals surface area contributed by atoms with Crippen LogP contribution in [0.3, 0.4) is 0 Å². The van der Waals surface area contributed by atoms with Crippen LogP contribution in [-0.4, -0.2) is 18.1 Å². The number of benzene rings is 2. The van der Waals surface area contributed by atoms with Gasteiger partial charge in [0.25, 0.3) is 5.01 Å². The first-order valence-corrected chi connectivity index (χ1v) is 13.3. The topological polar surface area (TPSA) is 44.7 Å². The molecule has 0 aliphatic heterocycles. The van der Waals surface area contributed by atoms with Crippen LogP contribution in [0, 0.1) is 3.57 Å². The van der Waals surface area contributed by atoms with Crippen molar-refractivity contribution in [2.45, 2.75) is 27.3 Å². The highest BCUT2D eigenvalue weighted by Crippen LogP contribution is 2.28. The van der Waals surface area contributed by atoms with Gasteiger partial charge in [-0.1, -0.05) is 22.7 Å². The van der Waals surface area contributed by atoms with Gasteiger partial charge in [-0.05, 0) is 85.8 Å². The summed E-state index contributed by atoms with van der Waals surface area (Å²) in [5, 5.41) is 10.6. The lowest BCUT2D eigenvalue weighted by Crippen LogP contribution is -3.00. The van der Waals surface area contributed by atoms with Crippen molar-refractivity contribution in [1.29, 1.82) is 0 Å². The first-order chi connectivity index (χ1) is 15.6. The standard InChI is InChI=1S/C24H25IN5S2.HI/c1-4-29(5-2)19-10-8-18(9-11-19)27-28-24-26-16-20(31-24)12-14-23-30(6-3)21-13-7-17(25)15-22(21)32-23;/h7-16H,4-6H2,1-3H3;1H/q+1;/p-1. The van der Waals surface area contributed by atoms with Crippen molar-refractivity contribution in [2.75, 3.05) is 18.0 Å². The molecule has 0 amide bonds. The Hall–Kier alpha value is -1.44. The first kappa shape index (κ1) is 26.2. The summed E-state index contributed by atoms with van der Waals surface area (Å²) in [7, 11) is 0. The molecule has 0 aliphatic carbocycles. The number of thiazole rings is 2. The van der Waals surface area contributed by atoms with E-state index in [1.54, 1.807) is 0 Å². The Kier molecular flexibility index (Phi) is 9.77. The number of aryl methyl sites for hydroxylation is 1. The largest absolute Gasteiger partial charge is 1.00 e. The summed E-state index contributed by atoms with van der Waals surface area (Å²) < 4.78 is 4.91. The SMILES string of the molecule is CCN(CC)c1ccc(N=Nc2ncc(/C=C/c3sc4cc(I)ccc4[n+]3CC)s2)cc1.[I-]. The number of hydrogen-bond donors (Lipinski definition) is 0. The predicted octanol–water partition coefficient (Wildman–Crippen LogP) is 4.71. The molecule has 33 heavy (non-hydrogen) atoms. The molecular formula is C24H25I2N5S2. The molecule has 0 unspecified atom stereocenters. The Morgan fingerprint density at radius 2 is 1.76 bits per heavy atom. The Balaban J connectivity index is 0.00000306. The molecule has 0 aliphatic rings. The second-order valence-electron chi connectivity index (χ2n) is 7.06. The van der Waals surface area contributed by atoms with Gasteiger partial charge in [0.15, 0.2) is 0 Å². The normalized spacial score (nSPS) is 11.5. The third-order valence-electron chi connectivity index (χ3n) is 5.14. The van der Waals surface area contributed by atoms with Crippen LogP contribution in [0.5, 0.6) is 0 Å². The van der Waals surface area contributed by atoms with Gasteiger partial charge >= 0.3 is 0 Å². The highest BCUT2D eigenvalue weighted by molar-refractivity contribution is 14.1. The zero-order valence-electron chi connectivity index (χ0n) is 18.7. The van der Waals surface area contributed by atoms with Gasteiger partial charge in [0, 0.05) is 45.6 Å². The number of fused-ring (bicyclic) bond motifs is 1. The van der Waals surface area contributed by atoms with Crippen LogP contribution in [0.2, 0.25) is 0 Å². The van der Waals surface area contributed by atoms with Crippen LogP contribution in [0.4, 0.5) is 16.5 Å². The zero-order chi connectivity index (χ0) is 22.5. The number of halogens is 2. The molecule has 172 valence electrons. The van der Waals surface area contributed by atoms with Crippen LogP contribution >= 0.6 is 45.3 Å². The zero-order valence-corrected chi connectivity index (χ0v) is 24.7. The molecule has 2 heterocycles. The monoisotopic (exact) mass is 701 g/mol. The van der Waals surface area contributed by atoms with Crippen LogP contribution in [0.25, 0.3) is 22.4 Å². The molecule has 0 saturated heterocycles. The minimum absolute atomic E-state index is 0. The molecule has 0 radical (unpaired) electrons. The fraction of sp³-hybridized carbons (Fsp3) is 0.250. The van der Waals surface area contributed by atoms with E-state index in [1.807, 2.05) is 29.7 Å². The molecule has 0 saturated carbocycles. The van der Waals surface area contributed by atoms with Crippen molar-refractivity contribution < 1.29 is 28.5 Å². The molecule has 9 heteroatoms. The van der Waals surface area contributed by atoms with Gasteiger partial charge in [-0.15, -0.1) is 10.2 Å². The summed E-state index contributed by atoms with van der Waals surface area (Å²) in [5.74, 6) is 0. The minimum Gasteiger partial charge on any atom is -1.00 e. The van der Waals surface area contributed by atoms with Gasteiger partial charge in [-0.2, -0.15) is 4.57 Å². The number of rotatable bonds is 8. The minimum atomic E-state index is 0. The average molecular weight is 701 g/mol. The first-order valence-electron chi connectivity index (χ1n) is 10.6. The molecule has 0 spiro atoms. The maximum Gasteiger partial charge on any atom is 0.262 e. The summed E-state index contributed by atoms with van der Waals surface area (Å²) >= 11 is 5.72. The predicted molar refractivity (Wildman–Crippen MR) is 146 cm³/mol. The number of nitrogens with zero attached hydrogens (tertiary/aromatic N) is 5. The summed E-state index contributed by atoms with van der Waals surface area (Å²) in [6.45, 7) is 9.43. The fourth-order valence-corrected chi connectivity index (χ4v) is 6.01. The quantitative estimate of drug-likeness (QED) is 0.152. The lowest BCUT2D eigenvalue weighted by atomic mass is 10.2. The molecule has 4 aromatic rings. The maximum absolute atomic E-state index is 4.41. The molecule has 0 N–H and O–H groups in total. The van der Waals surface area contributed by atoms with Gasteiger partial charge in [-0.25, -0.2) is 4.98 Å². The van der Waals surface area contributed by atoms with Crippen LogP contribution < -0.4 is 33.4 Å². The molecule has 0 bridgehead atoms. The van der Waals surface area contributed by atoms with Crippen molar-refractivity contribution in [3.05, 3.63) is 62.1 Å². The van der Waals surface area contributed by atoms with Gasteiger partial charge in [0.05, 0.1) is 5.69 Å². The number of anilines is 1. The van der Waals surface area contributed by atoms with Crippen molar-refractivity contribution in [3.8, 4) is 0 Å². The molecule has 0 atom stereocenters. The Morgan fingerprint density at radius 1 is 1.00 bits per heavy atom. The maximum atomic E-state index is 4.41. The van der Waals surface area contributed by atoms with E-state index in [2.05, 4.69) is 111 Å². The van der Waals surface area contributed by atoms with Crippen molar-refractivity contribution in [3.63, 3.8) is 0 Å². The van der Waals surface area contributed by atoms with Crippen molar-refractivity contribution in [1.82, 2.24) is 4.98 Å². The average Bonchev–Trinajstić information content (AvgIpc) is 3.41. The molecule has 2 aromatic heterocycles. The van der Waals surface area contributed by atoms with Crippen LogP contribution in [-0.2, 0) is 6.54 Å². The Labute approximate surface area is 233 Å². The summed E-state index contributed by atoms with van der Waals surface area (Å²) in [6.07, 6.45) is 6.13. The summed E-state index contributed by atoms with van der Waals surface area (Å²) in [4.78, 5) is 7.77. The number of azo groups is 1. The van der Waals surface area contributed by atoms with E-state index in [1.165, 1.54) is 35.8 Å². The lowest BCUT2D eigenvalue weighted by molar-refractivity contribution is -0.665. The fourth-order valence-electron chi connectivity index (χ4n) is 3.50. The van der Waals surface area contributed by atoms with E-state index in [0.717, 1.165) is 30.2 Å². The third-order valence-corrected chi connectivity index (χ3v) is 7.77. The highest BCUT2D eigenvalue weighted by Gasteiger charge is 2.17. The van der Waals surface area contributed by atoms with E-state index in [0.29, 0.717) is 5.13 Å². The lowest BCUT2D eigenvalue weighted by Gasteiger charge is -2.20. The molecule has 0 fully saturated rings. The molecule has 5 nitrogen and oxygen atoms in total. The van der Waals surface area contributed by atoms with Crippen molar-refractivity contribution in [2.24, 2.45) is 10.2 Å². The van der Waals surface area contributed by atoms with Gasteiger partial charge < -0.3 is 28.9 Å². The number of aromatic nitrogens is 2. The highest BCUT2D eigenvalue weighted by atomic mass is 127. The van der Waals surface area contributed by atoms with Gasteiger partial charge in [0.2, 0.25) is 10.6 Å². The van der Waals surface area contributed by atoms with E-state index in [4.69, 9.17) is 0 Å². The second-order valence-corrected chi connectivity index (χ2v) is 10.4. The van der Waals surface area contributed by atoms with E-state index in [9.17, 15) is 0 Å².